The lowest BCUT2D eigenvalue weighted by molar-refractivity contribution is -0.143. The molecule has 0 aliphatic rings. The summed E-state index contributed by atoms with van der Waals surface area (Å²) < 4.78 is 107. The van der Waals surface area contributed by atoms with Gasteiger partial charge in [0, 0.05) is 25.2 Å². The third-order valence-corrected chi connectivity index (χ3v) is 6.81. The minimum Gasteiger partial charge on any atom is -0.366 e. The number of halogens is 6. The summed E-state index contributed by atoms with van der Waals surface area (Å²) in [6.07, 6.45) is -9.27. The molecule has 0 saturated heterocycles. The first-order valence-electron chi connectivity index (χ1n) is 9.70. The molecule has 0 spiro atoms. The number of carbonyl (C=O) groups excluding carboxylic acids is 1. The number of hydrogen-bond donors (Lipinski definition) is 1. The van der Waals surface area contributed by atoms with Gasteiger partial charge in [-0.25, -0.2) is 22.4 Å². The molecule has 8 nitrogen and oxygen atoms in total. The number of rotatable bonds is 6. The first-order chi connectivity index (χ1) is 16.4. The number of sulfonamides is 1. The van der Waals surface area contributed by atoms with Crippen LogP contribution in [0.4, 0.5) is 26.3 Å². The van der Waals surface area contributed by atoms with Crippen LogP contribution >= 0.6 is 0 Å². The van der Waals surface area contributed by atoms with Crippen molar-refractivity contribution in [3.05, 3.63) is 66.0 Å². The van der Waals surface area contributed by atoms with Crippen LogP contribution in [0.15, 0.2) is 54.2 Å². The lowest BCUT2D eigenvalue weighted by Gasteiger charge is -2.16. The SMILES string of the molecule is C=C(C(N)=O)c1ccc(S(=O)(=O)N(C)C)c(-n2cnc(-c3cc(C(F)(F)F)cc(C(F)(F)F)c3)n2)c1. The lowest BCUT2D eigenvalue weighted by Crippen LogP contribution is -2.24. The highest BCUT2D eigenvalue weighted by Gasteiger charge is 2.37. The molecule has 0 saturated carbocycles. The van der Waals surface area contributed by atoms with E-state index in [1.807, 2.05) is 0 Å². The van der Waals surface area contributed by atoms with Crippen LogP contribution in [0.1, 0.15) is 16.7 Å². The molecule has 2 N–H and O–H groups in total. The molecule has 1 amide bonds. The van der Waals surface area contributed by atoms with E-state index in [0.717, 1.165) is 21.4 Å². The smallest absolute Gasteiger partial charge is 0.366 e. The number of primary amides is 1. The van der Waals surface area contributed by atoms with Crippen molar-refractivity contribution in [3.63, 3.8) is 0 Å². The molecule has 1 aromatic heterocycles. The van der Waals surface area contributed by atoms with E-state index in [9.17, 15) is 39.6 Å². The van der Waals surface area contributed by atoms with E-state index >= 15 is 0 Å². The van der Waals surface area contributed by atoms with E-state index in [-0.39, 0.29) is 27.8 Å². The number of alkyl halides is 6. The van der Waals surface area contributed by atoms with Crippen LogP contribution < -0.4 is 5.73 Å². The summed E-state index contributed by atoms with van der Waals surface area (Å²) in [5, 5.41) is 3.92. The van der Waals surface area contributed by atoms with Gasteiger partial charge in [0.15, 0.2) is 5.82 Å². The molecule has 0 atom stereocenters. The molecule has 1 heterocycles. The summed E-state index contributed by atoms with van der Waals surface area (Å²) in [4.78, 5) is 15.0. The van der Waals surface area contributed by atoms with E-state index < -0.39 is 50.8 Å². The van der Waals surface area contributed by atoms with E-state index in [1.54, 1.807) is 0 Å². The second-order valence-corrected chi connectivity index (χ2v) is 9.74. The molecule has 3 aromatic rings. The van der Waals surface area contributed by atoms with Crippen LogP contribution in [0.2, 0.25) is 0 Å². The number of carbonyl (C=O) groups is 1. The second-order valence-electron chi connectivity index (χ2n) is 7.62. The Morgan fingerprint density at radius 2 is 1.56 bits per heavy atom. The van der Waals surface area contributed by atoms with E-state index in [0.29, 0.717) is 12.1 Å². The highest BCUT2D eigenvalue weighted by Crippen LogP contribution is 2.38. The van der Waals surface area contributed by atoms with Crippen molar-refractivity contribution < 1.29 is 39.6 Å². The van der Waals surface area contributed by atoms with Crippen LogP contribution in [-0.4, -0.2) is 47.5 Å². The fourth-order valence-electron chi connectivity index (χ4n) is 3.04. The molecule has 36 heavy (non-hydrogen) atoms. The number of nitrogens with zero attached hydrogens (tertiary/aromatic N) is 4. The molecule has 0 radical (unpaired) electrons. The molecule has 0 aliphatic heterocycles. The topological polar surface area (TPSA) is 111 Å². The fourth-order valence-corrected chi connectivity index (χ4v) is 4.09. The summed E-state index contributed by atoms with van der Waals surface area (Å²) in [6.45, 7) is 3.51. The van der Waals surface area contributed by atoms with E-state index in [1.165, 1.54) is 26.2 Å². The molecule has 0 aliphatic carbocycles. The Hall–Kier alpha value is -3.72. The number of benzene rings is 2. The molecule has 2 aromatic carbocycles. The van der Waals surface area contributed by atoms with Crippen molar-refractivity contribution in [3.8, 4) is 17.1 Å². The molecular weight excluding hydrogens is 516 g/mol. The van der Waals surface area contributed by atoms with Gasteiger partial charge in [0.1, 0.15) is 11.2 Å². The minimum absolute atomic E-state index is 0.0405. The summed E-state index contributed by atoms with van der Waals surface area (Å²) in [6, 6.07) is 4.40. The Labute approximate surface area is 200 Å². The van der Waals surface area contributed by atoms with Crippen molar-refractivity contribution in [1.29, 1.82) is 0 Å². The number of aromatic nitrogens is 3. The van der Waals surface area contributed by atoms with Crippen molar-refractivity contribution in [2.24, 2.45) is 5.73 Å². The highest BCUT2D eigenvalue weighted by atomic mass is 32.2. The first-order valence-corrected chi connectivity index (χ1v) is 11.1. The Bertz CT molecular complexity index is 1430. The molecular formula is C21H17F6N5O3S. The molecule has 0 unspecified atom stereocenters. The first kappa shape index (κ1) is 26.9. The van der Waals surface area contributed by atoms with Gasteiger partial charge in [0.2, 0.25) is 15.9 Å². The third-order valence-electron chi connectivity index (χ3n) is 4.95. The van der Waals surface area contributed by atoms with Gasteiger partial charge in [-0.2, -0.15) is 26.3 Å². The normalized spacial score (nSPS) is 12.7. The zero-order valence-corrected chi connectivity index (χ0v) is 19.3. The van der Waals surface area contributed by atoms with Crippen LogP contribution in [0.25, 0.3) is 22.6 Å². The Balaban J connectivity index is 2.24. The number of amides is 1. The zero-order valence-electron chi connectivity index (χ0n) is 18.5. The number of hydrogen-bond acceptors (Lipinski definition) is 5. The fraction of sp³-hybridized carbons (Fsp3) is 0.190. The Morgan fingerprint density at radius 1 is 1.00 bits per heavy atom. The standard InChI is InChI=1S/C21H17F6N5O3S/c1-11(18(28)33)12-4-5-17(36(34,35)31(2)3)16(8-12)32-10-29-19(30-32)13-6-14(20(22,23)24)9-15(7-13)21(25,26)27/h4-10H,1H2,2-3H3,(H2,28,33). The second kappa shape index (κ2) is 9.05. The van der Waals surface area contributed by atoms with Crippen LogP contribution in [0.3, 0.4) is 0 Å². The average Bonchev–Trinajstić information content (AvgIpc) is 3.26. The maximum atomic E-state index is 13.2. The van der Waals surface area contributed by atoms with E-state index in [4.69, 9.17) is 5.73 Å². The van der Waals surface area contributed by atoms with Gasteiger partial charge in [-0.05, 0) is 35.9 Å². The maximum absolute atomic E-state index is 13.2. The van der Waals surface area contributed by atoms with Gasteiger partial charge in [-0.3, -0.25) is 4.79 Å². The molecule has 192 valence electrons. The van der Waals surface area contributed by atoms with Gasteiger partial charge in [-0.15, -0.1) is 5.10 Å². The highest BCUT2D eigenvalue weighted by molar-refractivity contribution is 7.89. The van der Waals surface area contributed by atoms with Gasteiger partial charge >= 0.3 is 12.4 Å². The maximum Gasteiger partial charge on any atom is 0.416 e. The molecule has 3 rings (SSSR count). The summed E-state index contributed by atoms with van der Waals surface area (Å²) in [5.41, 5.74) is 1.19. The molecule has 0 fully saturated rings. The molecule has 0 bridgehead atoms. The lowest BCUT2D eigenvalue weighted by atomic mass is 10.0. The third kappa shape index (κ3) is 5.26. The Kier molecular flexibility index (Phi) is 6.76. The van der Waals surface area contributed by atoms with Gasteiger partial charge in [0.25, 0.3) is 0 Å². The van der Waals surface area contributed by atoms with Crippen molar-refractivity contribution in [1.82, 2.24) is 19.1 Å². The van der Waals surface area contributed by atoms with Crippen molar-refractivity contribution >= 4 is 21.5 Å². The summed E-state index contributed by atoms with van der Waals surface area (Å²) >= 11 is 0. The quantitative estimate of drug-likeness (QED) is 0.384. The van der Waals surface area contributed by atoms with E-state index in [2.05, 4.69) is 16.7 Å². The van der Waals surface area contributed by atoms with Crippen LogP contribution in [-0.2, 0) is 27.2 Å². The monoisotopic (exact) mass is 533 g/mol. The molecule has 15 heteroatoms. The predicted molar refractivity (Wildman–Crippen MR) is 116 cm³/mol. The van der Waals surface area contributed by atoms with Gasteiger partial charge in [-0.1, -0.05) is 12.6 Å². The Morgan fingerprint density at radius 3 is 2.03 bits per heavy atom. The van der Waals surface area contributed by atoms with Gasteiger partial charge < -0.3 is 5.73 Å². The average molecular weight is 533 g/mol. The van der Waals surface area contributed by atoms with Crippen molar-refractivity contribution in [2.45, 2.75) is 17.2 Å². The van der Waals surface area contributed by atoms with Crippen molar-refractivity contribution in [2.75, 3.05) is 14.1 Å². The largest absolute Gasteiger partial charge is 0.416 e. The summed E-state index contributed by atoms with van der Waals surface area (Å²) in [7, 11) is -1.65. The summed E-state index contributed by atoms with van der Waals surface area (Å²) in [5.74, 6) is -1.45. The predicted octanol–water partition coefficient (Wildman–Crippen LogP) is 3.72. The van der Waals surface area contributed by atoms with Crippen LogP contribution in [0.5, 0.6) is 0 Å². The minimum atomic E-state index is -5.09. The zero-order chi connectivity index (χ0) is 27.2. The van der Waals surface area contributed by atoms with Crippen LogP contribution in [0, 0.1) is 0 Å². The van der Waals surface area contributed by atoms with Gasteiger partial charge in [0.05, 0.1) is 16.8 Å². The number of nitrogens with two attached hydrogens (primary N) is 1.